The monoisotopic (exact) mass is 251 g/mol. The third-order valence-electron chi connectivity index (χ3n) is 2.14. The number of nitrogens with one attached hydrogen (secondary N) is 1. The van der Waals surface area contributed by atoms with Gasteiger partial charge in [-0.2, -0.15) is 0 Å². The van der Waals surface area contributed by atoms with E-state index in [1.807, 2.05) is 0 Å². The largest absolute Gasteiger partial charge is 0.507 e. The summed E-state index contributed by atoms with van der Waals surface area (Å²) in [6, 6.07) is 2.08. The van der Waals surface area contributed by atoms with Crippen LogP contribution < -0.4 is 5.32 Å². The molecular weight excluding hydrogens is 238 g/mol. The van der Waals surface area contributed by atoms with E-state index in [0.29, 0.717) is 0 Å². The quantitative estimate of drug-likeness (QED) is 0.637. The molecule has 18 heavy (non-hydrogen) atoms. The predicted molar refractivity (Wildman–Crippen MR) is 64.4 cm³/mol. The van der Waals surface area contributed by atoms with E-state index < -0.39 is 5.97 Å². The molecule has 0 heterocycles. The Morgan fingerprint density at radius 2 is 1.83 bits per heavy atom. The van der Waals surface area contributed by atoms with Crippen LogP contribution in [0.2, 0.25) is 0 Å². The molecular formula is C12H13NO5. The first kappa shape index (κ1) is 13.6. The van der Waals surface area contributed by atoms with E-state index in [2.05, 4.69) is 5.32 Å². The molecule has 0 aliphatic rings. The maximum absolute atomic E-state index is 10.7. The van der Waals surface area contributed by atoms with Crippen LogP contribution in [0.5, 0.6) is 11.5 Å². The van der Waals surface area contributed by atoms with E-state index >= 15 is 0 Å². The van der Waals surface area contributed by atoms with Gasteiger partial charge in [0, 0.05) is 13.5 Å². The molecule has 0 bridgehead atoms. The summed E-state index contributed by atoms with van der Waals surface area (Å²) in [6.45, 7) is 1.61. The zero-order valence-corrected chi connectivity index (χ0v) is 9.67. The molecule has 96 valence electrons. The Balaban J connectivity index is 2.90. The van der Waals surface area contributed by atoms with Gasteiger partial charge in [-0.25, -0.2) is 4.79 Å². The Hall–Kier alpha value is -2.50. The fraction of sp³-hybridized carbons (Fsp3) is 0.167. The van der Waals surface area contributed by atoms with Crippen molar-refractivity contribution in [1.29, 1.82) is 0 Å². The molecule has 0 fully saturated rings. The van der Waals surface area contributed by atoms with Crippen LogP contribution in [-0.4, -0.2) is 33.7 Å². The predicted octanol–water partition coefficient (Wildman–Crippen LogP) is 0.945. The lowest BCUT2D eigenvalue weighted by molar-refractivity contribution is -0.118. The van der Waals surface area contributed by atoms with E-state index in [0.717, 1.165) is 12.1 Å². The van der Waals surface area contributed by atoms with E-state index in [4.69, 9.17) is 5.11 Å². The number of rotatable bonds is 4. The van der Waals surface area contributed by atoms with Crippen molar-refractivity contribution in [2.45, 2.75) is 6.92 Å². The van der Waals surface area contributed by atoms with E-state index in [9.17, 15) is 19.8 Å². The van der Waals surface area contributed by atoms with Gasteiger partial charge in [0.15, 0.2) is 0 Å². The zero-order chi connectivity index (χ0) is 13.7. The van der Waals surface area contributed by atoms with Gasteiger partial charge in [0.2, 0.25) is 5.91 Å². The molecule has 1 aromatic rings. The van der Waals surface area contributed by atoms with Crippen LogP contribution in [0, 0.1) is 0 Å². The zero-order valence-electron chi connectivity index (χ0n) is 9.67. The van der Waals surface area contributed by atoms with Crippen molar-refractivity contribution >= 4 is 18.0 Å². The average molecular weight is 251 g/mol. The highest BCUT2D eigenvalue weighted by atomic mass is 16.4. The molecule has 0 spiro atoms. The summed E-state index contributed by atoms with van der Waals surface area (Å²) in [5.74, 6) is -2.12. The van der Waals surface area contributed by atoms with Gasteiger partial charge in [-0.3, -0.25) is 4.79 Å². The highest BCUT2D eigenvalue weighted by molar-refractivity contribution is 5.89. The normalized spacial score (nSPS) is 10.5. The summed E-state index contributed by atoms with van der Waals surface area (Å²) in [7, 11) is 0. The number of carbonyl (C=O) groups excluding carboxylic acids is 1. The van der Waals surface area contributed by atoms with Crippen molar-refractivity contribution in [3.8, 4) is 11.5 Å². The lowest BCUT2D eigenvalue weighted by Gasteiger charge is -2.04. The van der Waals surface area contributed by atoms with Crippen LogP contribution in [0.3, 0.4) is 0 Å². The van der Waals surface area contributed by atoms with Crippen LogP contribution in [-0.2, 0) is 4.79 Å². The third kappa shape index (κ3) is 3.51. The summed E-state index contributed by atoms with van der Waals surface area (Å²) in [5.41, 5.74) is -0.102. The third-order valence-corrected chi connectivity index (χ3v) is 2.14. The van der Waals surface area contributed by atoms with Crippen molar-refractivity contribution in [1.82, 2.24) is 5.32 Å². The Morgan fingerprint density at radius 3 is 2.28 bits per heavy atom. The van der Waals surface area contributed by atoms with Gasteiger partial charge in [-0.05, 0) is 18.2 Å². The van der Waals surface area contributed by atoms with Crippen molar-refractivity contribution < 1.29 is 24.9 Å². The smallest absolute Gasteiger partial charge is 0.335 e. The van der Waals surface area contributed by atoms with Crippen molar-refractivity contribution in [3.05, 3.63) is 29.3 Å². The number of benzene rings is 1. The second-order valence-corrected chi connectivity index (χ2v) is 3.57. The fourth-order valence-corrected chi connectivity index (χ4v) is 1.30. The molecule has 0 saturated carbocycles. The Kier molecular flexibility index (Phi) is 4.31. The lowest BCUT2D eigenvalue weighted by atomic mass is 10.1. The number of phenolic OH excluding ortho intramolecular Hbond substituents is 2. The van der Waals surface area contributed by atoms with Crippen LogP contribution >= 0.6 is 0 Å². The van der Waals surface area contributed by atoms with Gasteiger partial charge >= 0.3 is 5.97 Å². The van der Waals surface area contributed by atoms with Crippen molar-refractivity contribution in [2.75, 3.05) is 6.54 Å². The highest BCUT2D eigenvalue weighted by Gasteiger charge is 2.11. The minimum absolute atomic E-state index is 0.102. The molecule has 0 saturated heterocycles. The van der Waals surface area contributed by atoms with Gasteiger partial charge in [0.1, 0.15) is 11.5 Å². The Morgan fingerprint density at radius 1 is 1.28 bits per heavy atom. The van der Waals surface area contributed by atoms with Crippen molar-refractivity contribution in [3.63, 3.8) is 0 Å². The lowest BCUT2D eigenvalue weighted by Crippen LogP contribution is -2.19. The Labute approximate surface area is 103 Å². The van der Waals surface area contributed by atoms with Gasteiger partial charge < -0.3 is 20.6 Å². The average Bonchev–Trinajstić information content (AvgIpc) is 2.26. The summed E-state index contributed by atoms with van der Waals surface area (Å²) in [4.78, 5) is 21.3. The molecule has 6 heteroatoms. The number of carbonyl (C=O) groups is 2. The number of phenols is 2. The molecule has 1 rings (SSSR count). The first-order chi connectivity index (χ1) is 8.41. The van der Waals surface area contributed by atoms with Gasteiger partial charge in [0.25, 0.3) is 0 Å². The minimum atomic E-state index is -1.24. The van der Waals surface area contributed by atoms with Gasteiger partial charge in [0.05, 0.1) is 11.1 Å². The molecule has 1 aromatic carbocycles. The second kappa shape index (κ2) is 5.72. The first-order valence-corrected chi connectivity index (χ1v) is 5.12. The fourth-order valence-electron chi connectivity index (χ4n) is 1.30. The van der Waals surface area contributed by atoms with E-state index in [-0.39, 0.29) is 35.1 Å². The van der Waals surface area contributed by atoms with Gasteiger partial charge in [-0.15, -0.1) is 0 Å². The summed E-state index contributed by atoms with van der Waals surface area (Å²) < 4.78 is 0. The SMILES string of the molecule is CC(=O)NCC=Cc1c(O)cc(C(=O)O)cc1O. The second-order valence-electron chi connectivity index (χ2n) is 3.57. The first-order valence-electron chi connectivity index (χ1n) is 5.12. The maximum Gasteiger partial charge on any atom is 0.335 e. The molecule has 0 atom stereocenters. The van der Waals surface area contributed by atoms with Gasteiger partial charge in [-0.1, -0.05) is 6.08 Å². The molecule has 0 radical (unpaired) electrons. The molecule has 0 aliphatic heterocycles. The number of aromatic hydroxyl groups is 2. The van der Waals surface area contributed by atoms with E-state index in [1.165, 1.54) is 19.1 Å². The maximum atomic E-state index is 10.7. The number of aromatic carboxylic acids is 1. The number of hydrogen-bond donors (Lipinski definition) is 4. The molecule has 0 aromatic heterocycles. The molecule has 0 unspecified atom stereocenters. The standard InChI is InChI=1S/C12H13NO5/c1-7(14)13-4-2-3-9-10(15)5-8(12(17)18)6-11(9)16/h2-3,5-6,15-16H,4H2,1H3,(H,13,14)(H,17,18). The molecule has 1 amide bonds. The molecule has 6 nitrogen and oxygen atoms in total. The number of carboxylic acids is 1. The van der Waals surface area contributed by atoms with E-state index in [1.54, 1.807) is 0 Å². The molecule has 4 N–H and O–H groups in total. The summed E-state index contributed by atoms with van der Waals surface area (Å²) in [6.07, 6.45) is 2.92. The summed E-state index contributed by atoms with van der Waals surface area (Å²) >= 11 is 0. The Bertz CT molecular complexity index is 484. The summed E-state index contributed by atoms with van der Waals surface area (Å²) in [5, 5.41) is 30.3. The van der Waals surface area contributed by atoms with Crippen molar-refractivity contribution in [2.24, 2.45) is 0 Å². The van der Waals surface area contributed by atoms with Crippen LogP contribution in [0.4, 0.5) is 0 Å². The van der Waals surface area contributed by atoms with Crippen LogP contribution in [0.1, 0.15) is 22.8 Å². The number of hydrogen-bond acceptors (Lipinski definition) is 4. The number of amides is 1. The number of carboxylic acid groups (broad SMARTS) is 1. The van der Waals surface area contributed by atoms with Crippen LogP contribution in [0.15, 0.2) is 18.2 Å². The highest BCUT2D eigenvalue weighted by Crippen LogP contribution is 2.29. The molecule has 0 aliphatic carbocycles. The topological polar surface area (TPSA) is 107 Å². The minimum Gasteiger partial charge on any atom is -0.507 e. The van der Waals surface area contributed by atoms with Crippen LogP contribution in [0.25, 0.3) is 6.08 Å².